The van der Waals surface area contributed by atoms with E-state index in [1.807, 2.05) is 34.4 Å². The second-order valence-electron chi connectivity index (χ2n) is 8.22. The fourth-order valence-electron chi connectivity index (χ4n) is 4.34. The van der Waals surface area contributed by atoms with Crippen LogP contribution < -0.4 is 9.80 Å². The Labute approximate surface area is 182 Å². The predicted molar refractivity (Wildman–Crippen MR) is 122 cm³/mol. The van der Waals surface area contributed by atoms with E-state index in [0.29, 0.717) is 6.54 Å². The van der Waals surface area contributed by atoms with E-state index in [4.69, 9.17) is 4.98 Å². The molecule has 1 saturated heterocycles. The van der Waals surface area contributed by atoms with Crippen LogP contribution in [0.15, 0.2) is 54.6 Å². The van der Waals surface area contributed by atoms with Crippen LogP contribution in [0.3, 0.4) is 0 Å². The molecule has 1 atom stereocenters. The summed E-state index contributed by atoms with van der Waals surface area (Å²) in [6.45, 7) is 10.9. The van der Waals surface area contributed by atoms with E-state index in [2.05, 4.69) is 50.2 Å². The van der Waals surface area contributed by atoms with Gasteiger partial charge in [-0.2, -0.15) is 0 Å². The number of carbonyl (C=O) groups is 1. The van der Waals surface area contributed by atoms with Crippen molar-refractivity contribution in [1.29, 1.82) is 0 Å². The largest absolute Gasteiger partial charge is 0.334 e. The van der Waals surface area contributed by atoms with Crippen LogP contribution in [0.1, 0.15) is 24.4 Å². The molecular weight excluding hydrogens is 392 g/mol. The van der Waals surface area contributed by atoms with Crippen LogP contribution in [0.5, 0.6) is 0 Å². The van der Waals surface area contributed by atoms with Crippen molar-refractivity contribution in [3.8, 4) is 0 Å². The first-order valence-electron chi connectivity index (χ1n) is 11.0. The molecule has 6 heteroatoms. The molecule has 1 aliphatic heterocycles. The normalized spacial score (nSPS) is 20.2. The Morgan fingerprint density at radius 3 is 2.47 bits per heavy atom. The first-order chi connectivity index (χ1) is 14.6. The summed E-state index contributed by atoms with van der Waals surface area (Å²) >= 11 is 1.81. The van der Waals surface area contributed by atoms with Gasteiger partial charge in [0.15, 0.2) is 6.04 Å². The highest BCUT2D eigenvalue weighted by molar-refractivity contribution is 7.18. The fourth-order valence-corrected chi connectivity index (χ4v) is 5.38. The van der Waals surface area contributed by atoms with Crippen molar-refractivity contribution >= 4 is 27.5 Å². The molecule has 2 aromatic carbocycles. The molecule has 1 amide bonds. The topological polar surface area (TPSA) is 42.1 Å². The Kier molecular flexibility index (Phi) is 6.77. The van der Waals surface area contributed by atoms with E-state index in [1.54, 1.807) is 4.90 Å². The van der Waals surface area contributed by atoms with Crippen LogP contribution in [0.25, 0.3) is 10.2 Å². The lowest BCUT2D eigenvalue weighted by Gasteiger charge is -2.34. The first-order valence-corrected chi connectivity index (χ1v) is 11.8. The molecule has 1 aliphatic rings. The monoisotopic (exact) mass is 424 g/mol. The van der Waals surface area contributed by atoms with E-state index in [0.717, 1.165) is 44.8 Å². The summed E-state index contributed by atoms with van der Waals surface area (Å²) in [5.74, 6) is 0.269. The fraction of sp³-hybridized carbons (Fsp3) is 0.417. The second-order valence-corrected chi connectivity index (χ2v) is 9.34. The van der Waals surface area contributed by atoms with E-state index in [9.17, 15) is 4.79 Å². The van der Waals surface area contributed by atoms with Gasteiger partial charge in [0.25, 0.3) is 5.91 Å². The molecule has 2 heterocycles. The number of carbonyl (C=O) groups excluding carboxylic acids is 1. The lowest BCUT2D eigenvalue weighted by atomic mass is 10.1. The molecule has 0 bridgehead atoms. The number of para-hydroxylation sites is 1. The molecule has 0 unspecified atom stereocenters. The van der Waals surface area contributed by atoms with Crippen LogP contribution in [-0.2, 0) is 17.9 Å². The van der Waals surface area contributed by atoms with Crippen molar-refractivity contribution in [2.45, 2.75) is 33.0 Å². The number of nitrogens with zero attached hydrogens (tertiary/aromatic N) is 2. The first kappa shape index (κ1) is 21.0. The number of nitrogens with one attached hydrogen (secondary N) is 2. The molecule has 2 N–H and O–H groups in total. The summed E-state index contributed by atoms with van der Waals surface area (Å²) in [5.41, 5.74) is 2.30. The van der Waals surface area contributed by atoms with Gasteiger partial charge in [0, 0.05) is 13.1 Å². The molecule has 0 spiro atoms. The zero-order valence-electron chi connectivity index (χ0n) is 17.9. The van der Waals surface area contributed by atoms with Gasteiger partial charge in [-0.05, 0) is 31.5 Å². The highest BCUT2D eigenvalue weighted by Gasteiger charge is 2.33. The van der Waals surface area contributed by atoms with E-state index < -0.39 is 0 Å². The van der Waals surface area contributed by atoms with Crippen molar-refractivity contribution in [3.63, 3.8) is 0 Å². The quantitative estimate of drug-likeness (QED) is 0.595. The number of hydrogen-bond acceptors (Lipinski definition) is 3. The van der Waals surface area contributed by atoms with Gasteiger partial charge in [-0.3, -0.25) is 4.79 Å². The van der Waals surface area contributed by atoms with Crippen LogP contribution >= 0.6 is 11.3 Å². The maximum absolute atomic E-state index is 13.1. The van der Waals surface area contributed by atoms with E-state index in [1.165, 1.54) is 20.2 Å². The van der Waals surface area contributed by atoms with Gasteiger partial charge >= 0.3 is 0 Å². The molecule has 1 fully saturated rings. The lowest BCUT2D eigenvalue weighted by Crippen LogP contribution is -3.29. The maximum atomic E-state index is 13.1. The van der Waals surface area contributed by atoms with Crippen LogP contribution in [-0.4, -0.2) is 54.6 Å². The summed E-state index contributed by atoms with van der Waals surface area (Å²) < 4.78 is 1.27. The van der Waals surface area contributed by atoms with Crippen molar-refractivity contribution in [1.82, 2.24) is 9.88 Å². The Bertz CT molecular complexity index is 933. The van der Waals surface area contributed by atoms with Gasteiger partial charge in [-0.25, -0.2) is 4.98 Å². The summed E-state index contributed by atoms with van der Waals surface area (Å²) in [5, 5.41) is 1.22. The average Bonchev–Trinajstić information content (AvgIpc) is 3.20. The number of thiazole rings is 1. The number of likely N-dealkylation sites (N-methyl/N-ethyl adjacent to an activating group) is 1. The Morgan fingerprint density at radius 2 is 1.77 bits per heavy atom. The zero-order chi connectivity index (χ0) is 20.9. The number of rotatable bonds is 7. The number of quaternary nitrogens is 2. The number of piperazine rings is 1. The number of fused-ring (bicyclic) bond motifs is 1. The van der Waals surface area contributed by atoms with Crippen LogP contribution in [0, 0.1) is 0 Å². The summed E-state index contributed by atoms with van der Waals surface area (Å²) in [6, 6.07) is 18.7. The molecule has 3 aromatic rings. The minimum atomic E-state index is 0.0117. The van der Waals surface area contributed by atoms with Crippen molar-refractivity contribution < 1.29 is 14.6 Å². The minimum Gasteiger partial charge on any atom is -0.334 e. The maximum Gasteiger partial charge on any atom is 0.280 e. The van der Waals surface area contributed by atoms with Gasteiger partial charge in [0.2, 0.25) is 0 Å². The number of hydrogen-bond donors (Lipinski definition) is 2. The molecule has 5 nitrogen and oxygen atoms in total. The van der Waals surface area contributed by atoms with Gasteiger partial charge in [0.05, 0.1) is 10.2 Å². The highest BCUT2D eigenvalue weighted by atomic mass is 32.1. The number of amides is 1. The number of aromatic nitrogens is 1. The van der Waals surface area contributed by atoms with E-state index in [-0.39, 0.29) is 11.9 Å². The standard InChI is InChI=1S/C24H30N4OS/c1-3-27(17-20-9-5-4-6-10-20)24(29)19(2)28-15-13-26(14-16-28)18-23-25-21-11-7-8-12-22(21)30-23/h4-12,19H,3,13-18H2,1-2H3/p+2/t19-/m0/s1. The average molecular weight is 425 g/mol. The van der Waals surface area contributed by atoms with Gasteiger partial charge in [0.1, 0.15) is 37.7 Å². The Morgan fingerprint density at radius 1 is 1.07 bits per heavy atom. The lowest BCUT2D eigenvalue weighted by molar-refractivity contribution is -1.02. The van der Waals surface area contributed by atoms with E-state index >= 15 is 0 Å². The third-order valence-electron chi connectivity index (χ3n) is 6.23. The highest BCUT2D eigenvalue weighted by Crippen LogP contribution is 2.20. The molecule has 1 aromatic heterocycles. The molecule has 0 radical (unpaired) electrons. The van der Waals surface area contributed by atoms with Crippen LogP contribution in [0.2, 0.25) is 0 Å². The van der Waals surface area contributed by atoms with Gasteiger partial charge in [-0.15, -0.1) is 11.3 Å². The summed E-state index contributed by atoms with van der Waals surface area (Å²) in [6.07, 6.45) is 0. The molecular formula is C24H32N4OS+2. The second kappa shape index (κ2) is 9.69. The van der Waals surface area contributed by atoms with Crippen LogP contribution in [0.4, 0.5) is 0 Å². The van der Waals surface area contributed by atoms with Gasteiger partial charge in [-0.1, -0.05) is 42.5 Å². The summed E-state index contributed by atoms with van der Waals surface area (Å²) in [7, 11) is 0. The van der Waals surface area contributed by atoms with Crippen molar-refractivity contribution in [3.05, 3.63) is 65.2 Å². The molecule has 0 saturated carbocycles. The Balaban J connectivity index is 1.30. The van der Waals surface area contributed by atoms with Gasteiger partial charge < -0.3 is 14.7 Å². The number of benzene rings is 2. The third kappa shape index (κ3) is 4.89. The third-order valence-corrected chi connectivity index (χ3v) is 7.27. The summed E-state index contributed by atoms with van der Waals surface area (Å²) in [4.78, 5) is 22.9. The molecule has 30 heavy (non-hydrogen) atoms. The zero-order valence-corrected chi connectivity index (χ0v) is 18.8. The minimum absolute atomic E-state index is 0.0117. The van der Waals surface area contributed by atoms with Crippen molar-refractivity contribution in [2.75, 3.05) is 32.7 Å². The molecule has 4 rings (SSSR count). The molecule has 0 aliphatic carbocycles. The predicted octanol–water partition coefficient (Wildman–Crippen LogP) is 1.02. The smallest absolute Gasteiger partial charge is 0.280 e. The SMILES string of the molecule is CCN(Cc1ccccc1)C(=O)[C@H](C)[NH+]1CC[NH+](Cc2nc3ccccc3s2)CC1. The Hall–Kier alpha value is -2.28. The van der Waals surface area contributed by atoms with Crippen molar-refractivity contribution in [2.24, 2.45) is 0 Å². The molecule has 158 valence electrons.